The van der Waals surface area contributed by atoms with Gasteiger partial charge in [0.05, 0.1) is 0 Å². The van der Waals surface area contributed by atoms with Crippen LogP contribution in [0.3, 0.4) is 0 Å². The molecule has 2 atom stereocenters. The highest BCUT2D eigenvalue weighted by Gasteiger charge is 2.31. The van der Waals surface area contributed by atoms with E-state index in [4.69, 9.17) is 0 Å². The fourth-order valence-electron chi connectivity index (χ4n) is 2.83. The molecule has 1 amide bonds. The van der Waals surface area contributed by atoms with Crippen LogP contribution in [0.4, 0.5) is 5.69 Å². The standard InChI is InChI=1S/C16H21NO3/c1-2-11-6-5-7-12(10-11)17-15(18)13-8-3-4-9-14(13)16(19)20/h5-7,10,13-14H,2-4,8-9H2,1H3,(H,17,18)(H,19,20)/p-1/t13-,14-/m1/s1. The van der Waals surface area contributed by atoms with Crippen LogP contribution in [0.2, 0.25) is 0 Å². The Kier molecular flexibility index (Phi) is 4.77. The number of nitrogens with one attached hydrogen (secondary N) is 1. The van der Waals surface area contributed by atoms with Gasteiger partial charge in [-0.05, 0) is 37.0 Å². The van der Waals surface area contributed by atoms with Crippen LogP contribution >= 0.6 is 0 Å². The molecule has 0 spiro atoms. The first kappa shape index (κ1) is 14.6. The first-order chi connectivity index (χ1) is 9.61. The lowest BCUT2D eigenvalue weighted by molar-refractivity contribution is -0.313. The number of carboxylic acids is 1. The fraction of sp³-hybridized carbons (Fsp3) is 0.500. The highest BCUT2D eigenvalue weighted by atomic mass is 16.4. The lowest BCUT2D eigenvalue weighted by atomic mass is 9.78. The van der Waals surface area contributed by atoms with Crippen LogP contribution in [-0.4, -0.2) is 11.9 Å². The van der Waals surface area contributed by atoms with Gasteiger partial charge in [-0.25, -0.2) is 0 Å². The second-order valence-electron chi connectivity index (χ2n) is 5.36. The predicted octanol–water partition coefficient (Wildman–Crippen LogP) is 1.74. The molecule has 0 bridgehead atoms. The minimum absolute atomic E-state index is 0.202. The molecule has 1 saturated carbocycles. The molecule has 2 rings (SSSR count). The molecular weight excluding hydrogens is 254 g/mol. The number of aryl methyl sites for hydroxylation is 1. The normalized spacial score (nSPS) is 22.2. The Labute approximate surface area is 119 Å². The Morgan fingerprint density at radius 3 is 2.60 bits per heavy atom. The van der Waals surface area contributed by atoms with E-state index in [1.165, 1.54) is 0 Å². The van der Waals surface area contributed by atoms with Crippen LogP contribution < -0.4 is 10.4 Å². The van der Waals surface area contributed by atoms with Crippen molar-refractivity contribution in [3.63, 3.8) is 0 Å². The van der Waals surface area contributed by atoms with Crippen molar-refractivity contribution in [1.82, 2.24) is 0 Å². The zero-order chi connectivity index (χ0) is 14.5. The summed E-state index contributed by atoms with van der Waals surface area (Å²) in [5, 5.41) is 14.0. The van der Waals surface area contributed by atoms with E-state index in [1.807, 2.05) is 31.2 Å². The quantitative estimate of drug-likeness (QED) is 0.909. The van der Waals surface area contributed by atoms with Crippen molar-refractivity contribution >= 4 is 17.6 Å². The zero-order valence-corrected chi connectivity index (χ0v) is 11.7. The average molecular weight is 274 g/mol. The van der Waals surface area contributed by atoms with E-state index < -0.39 is 17.8 Å². The second-order valence-corrected chi connectivity index (χ2v) is 5.36. The maximum absolute atomic E-state index is 12.3. The van der Waals surface area contributed by atoms with Crippen molar-refractivity contribution in [1.29, 1.82) is 0 Å². The number of aliphatic carboxylic acids is 1. The van der Waals surface area contributed by atoms with Crippen LogP contribution in [0, 0.1) is 11.8 Å². The Balaban J connectivity index is 2.07. The molecule has 20 heavy (non-hydrogen) atoms. The first-order valence-corrected chi connectivity index (χ1v) is 7.22. The third-order valence-corrected chi connectivity index (χ3v) is 4.01. The molecule has 1 aliphatic carbocycles. The maximum Gasteiger partial charge on any atom is 0.228 e. The molecule has 0 saturated heterocycles. The molecule has 0 radical (unpaired) electrons. The van der Waals surface area contributed by atoms with Crippen molar-refractivity contribution in [3.05, 3.63) is 29.8 Å². The van der Waals surface area contributed by atoms with Crippen molar-refractivity contribution in [2.24, 2.45) is 11.8 Å². The van der Waals surface area contributed by atoms with Crippen LogP contribution in [0.15, 0.2) is 24.3 Å². The van der Waals surface area contributed by atoms with Crippen LogP contribution in [0.25, 0.3) is 0 Å². The summed E-state index contributed by atoms with van der Waals surface area (Å²) in [4.78, 5) is 23.4. The molecule has 4 nitrogen and oxygen atoms in total. The summed E-state index contributed by atoms with van der Waals surface area (Å²) in [6.45, 7) is 2.05. The number of anilines is 1. The van der Waals surface area contributed by atoms with E-state index in [2.05, 4.69) is 5.32 Å². The number of carboxylic acid groups (broad SMARTS) is 1. The topological polar surface area (TPSA) is 69.2 Å². The summed E-state index contributed by atoms with van der Waals surface area (Å²) in [6, 6.07) is 7.65. The largest absolute Gasteiger partial charge is 0.550 e. The van der Waals surface area contributed by atoms with Gasteiger partial charge in [-0.1, -0.05) is 31.9 Å². The minimum Gasteiger partial charge on any atom is -0.550 e. The summed E-state index contributed by atoms with van der Waals surface area (Å²) in [5.41, 5.74) is 1.87. The molecule has 0 aliphatic heterocycles. The van der Waals surface area contributed by atoms with E-state index in [0.29, 0.717) is 12.8 Å². The predicted molar refractivity (Wildman–Crippen MR) is 74.9 cm³/mol. The first-order valence-electron chi connectivity index (χ1n) is 7.22. The smallest absolute Gasteiger partial charge is 0.228 e. The van der Waals surface area contributed by atoms with Crippen molar-refractivity contribution < 1.29 is 14.7 Å². The monoisotopic (exact) mass is 274 g/mol. The summed E-state index contributed by atoms with van der Waals surface area (Å²) in [5.74, 6) is -2.43. The molecule has 1 aliphatic rings. The van der Waals surface area contributed by atoms with E-state index in [1.54, 1.807) is 0 Å². The lowest BCUT2D eigenvalue weighted by Gasteiger charge is -2.31. The third kappa shape index (κ3) is 3.38. The number of hydrogen-bond donors (Lipinski definition) is 1. The molecule has 1 aromatic carbocycles. The van der Waals surface area contributed by atoms with Gasteiger partial charge >= 0.3 is 0 Å². The second kappa shape index (κ2) is 6.55. The Hall–Kier alpha value is -1.84. The number of amides is 1. The average Bonchev–Trinajstić information content (AvgIpc) is 2.47. The van der Waals surface area contributed by atoms with Crippen LogP contribution in [0.1, 0.15) is 38.2 Å². The molecule has 0 unspecified atom stereocenters. The molecule has 108 valence electrons. The number of carbonyl (C=O) groups excluding carboxylic acids is 2. The number of benzene rings is 1. The number of rotatable bonds is 4. The van der Waals surface area contributed by atoms with Crippen LogP contribution in [-0.2, 0) is 16.0 Å². The van der Waals surface area contributed by atoms with Gasteiger partial charge in [0.25, 0.3) is 0 Å². The maximum atomic E-state index is 12.3. The SMILES string of the molecule is CCc1cccc(NC(=O)[C@@H]2CCCC[C@H]2C(=O)[O-])c1. The van der Waals surface area contributed by atoms with E-state index in [-0.39, 0.29) is 5.91 Å². The highest BCUT2D eigenvalue weighted by Crippen LogP contribution is 2.30. The molecule has 0 heterocycles. The molecule has 1 N–H and O–H groups in total. The summed E-state index contributed by atoms with van der Waals surface area (Å²) in [7, 11) is 0. The number of carbonyl (C=O) groups is 2. The lowest BCUT2D eigenvalue weighted by Crippen LogP contribution is -2.42. The summed E-state index contributed by atoms with van der Waals surface area (Å²) >= 11 is 0. The molecule has 0 aromatic heterocycles. The van der Waals surface area contributed by atoms with Gasteiger partial charge in [-0.3, -0.25) is 4.79 Å². The minimum atomic E-state index is -1.10. The summed E-state index contributed by atoms with van der Waals surface area (Å²) in [6.07, 6.45) is 3.81. The van der Waals surface area contributed by atoms with Gasteiger partial charge < -0.3 is 15.2 Å². The Bertz CT molecular complexity index is 498. The van der Waals surface area contributed by atoms with E-state index in [9.17, 15) is 14.7 Å². The Morgan fingerprint density at radius 1 is 1.25 bits per heavy atom. The highest BCUT2D eigenvalue weighted by molar-refractivity contribution is 5.95. The molecule has 1 aromatic rings. The summed E-state index contributed by atoms with van der Waals surface area (Å²) < 4.78 is 0. The van der Waals surface area contributed by atoms with Gasteiger partial charge in [0, 0.05) is 23.5 Å². The van der Waals surface area contributed by atoms with Gasteiger partial charge in [0.2, 0.25) is 5.91 Å². The van der Waals surface area contributed by atoms with E-state index in [0.717, 1.165) is 30.5 Å². The molecular formula is C16H20NO3-. The van der Waals surface area contributed by atoms with Crippen molar-refractivity contribution in [3.8, 4) is 0 Å². The Morgan fingerprint density at radius 2 is 1.95 bits per heavy atom. The van der Waals surface area contributed by atoms with Gasteiger partial charge in [-0.15, -0.1) is 0 Å². The van der Waals surface area contributed by atoms with Gasteiger partial charge in [0.15, 0.2) is 0 Å². The third-order valence-electron chi connectivity index (χ3n) is 4.01. The van der Waals surface area contributed by atoms with Crippen molar-refractivity contribution in [2.75, 3.05) is 5.32 Å². The van der Waals surface area contributed by atoms with Crippen molar-refractivity contribution in [2.45, 2.75) is 39.0 Å². The number of hydrogen-bond acceptors (Lipinski definition) is 3. The van der Waals surface area contributed by atoms with Gasteiger partial charge in [-0.2, -0.15) is 0 Å². The zero-order valence-electron chi connectivity index (χ0n) is 11.7. The van der Waals surface area contributed by atoms with E-state index >= 15 is 0 Å². The molecule has 1 fully saturated rings. The molecule has 4 heteroatoms. The fourth-order valence-corrected chi connectivity index (χ4v) is 2.83. The van der Waals surface area contributed by atoms with Crippen LogP contribution in [0.5, 0.6) is 0 Å². The van der Waals surface area contributed by atoms with Gasteiger partial charge in [0.1, 0.15) is 0 Å².